The summed E-state index contributed by atoms with van der Waals surface area (Å²) < 4.78 is 10.3. The number of nitrogens with zero attached hydrogens (tertiary/aromatic N) is 1. The Hall–Kier alpha value is -2.27. The van der Waals surface area contributed by atoms with E-state index in [9.17, 15) is 9.59 Å². The fourth-order valence-electron chi connectivity index (χ4n) is 2.85. The van der Waals surface area contributed by atoms with E-state index >= 15 is 0 Å². The average molecular weight is 334 g/mol. The minimum absolute atomic E-state index is 0.437. The van der Waals surface area contributed by atoms with E-state index in [0.29, 0.717) is 23.7 Å². The van der Waals surface area contributed by atoms with Crippen LogP contribution < -0.4 is 4.74 Å². The maximum Gasteiger partial charge on any atom is 0.410 e. The van der Waals surface area contributed by atoms with Crippen LogP contribution >= 0.6 is 11.6 Å². The highest BCUT2D eigenvalue weighted by Gasteiger charge is 2.36. The van der Waals surface area contributed by atoms with Gasteiger partial charge in [-0.05, 0) is 25.0 Å². The van der Waals surface area contributed by atoms with Gasteiger partial charge in [0.1, 0.15) is 11.8 Å². The van der Waals surface area contributed by atoms with Crippen LogP contribution in [-0.2, 0) is 9.53 Å². The molecule has 0 spiro atoms. The number of carbonyl (C=O) groups is 2. The molecule has 1 atom stereocenters. The Labute approximate surface area is 138 Å². The number of carbonyl (C=O) groups excluding carboxylic acids is 2. The molecule has 2 aromatic carbocycles. The molecule has 0 bridgehead atoms. The van der Waals surface area contributed by atoms with Gasteiger partial charge in [-0.1, -0.05) is 35.9 Å². The summed E-state index contributed by atoms with van der Waals surface area (Å²) >= 11 is 6.17. The first-order valence-corrected chi connectivity index (χ1v) is 7.73. The average Bonchev–Trinajstić information content (AvgIpc) is 3.06. The number of halogens is 1. The van der Waals surface area contributed by atoms with Gasteiger partial charge in [-0.2, -0.15) is 0 Å². The number of likely N-dealkylation sites (tertiary alicyclic amines) is 1. The highest BCUT2D eigenvalue weighted by atomic mass is 35.5. The van der Waals surface area contributed by atoms with E-state index in [1.165, 1.54) is 12.0 Å². The van der Waals surface area contributed by atoms with Crippen molar-refractivity contribution in [3.63, 3.8) is 0 Å². The van der Waals surface area contributed by atoms with Gasteiger partial charge in [0.05, 0.1) is 7.11 Å². The Morgan fingerprint density at radius 2 is 1.91 bits per heavy atom. The Kier molecular flexibility index (Phi) is 4.39. The quantitative estimate of drug-likeness (QED) is 0.622. The fraction of sp³-hybridized carbons (Fsp3) is 0.294. The molecule has 0 radical (unpaired) electrons. The maximum absolute atomic E-state index is 12.5. The molecule has 0 saturated carbocycles. The molecule has 1 aliphatic rings. The van der Waals surface area contributed by atoms with Gasteiger partial charge in [0, 0.05) is 22.3 Å². The highest BCUT2D eigenvalue weighted by molar-refractivity contribution is 6.35. The Balaban J connectivity index is 1.86. The number of hydrogen-bond acceptors (Lipinski definition) is 4. The summed E-state index contributed by atoms with van der Waals surface area (Å²) in [6.45, 7) is 0.494. The normalized spacial score (nSPS) is 17.3. The molecule has 0 aliphatic carbocycles. The minimum Gasteiger partial charge on any atom is -0.453 e. The van der Waals surface area contributed by atoms with E-state index in [0.717, 1.165) is 17.2 Å². The molecule has 3 rings (SSSR count). The van der Waals surface area contributed by atoms with E-state index in [1.807, 2.05) is 24.3 Å². The fourth-order valence-corrected chi connectivity index (χ4v) is 3.08. The Bertz CT molecular complexity index is 761. The predicted octanol–water partition coefficient (Wildman–Crippen LogP) is 3.63. The second kappa shape index (κ2) is 6.46. The molecule has 5 nitrogen and oxygen atoms in total. The van der Waals surface area contributed by atoms with Crippen LogP contribution in [0.5, 0.6) is 5.75 Å². The van der Waals surface area contributed by atoms with Crippen molar-refractivity contribution in [1.29, 1.82) is 0 Å². The van der Waals surface area contributed by atoms with Crippen molar-refractivity contribution in [1.82, 2.24) is 4.90 Å². The second-order valence-electron chi connectivity index (χ2n) is 5.33. The van der Waals surface area contributed by atoms with Gasteiger partial charge in [-0.3, -0.25) is 4.90 Å². The molecule has 1 unspecified atom stereocenters. The molecule has 0 N–H and O–H groups in total. The SMILES string of the molecule is COC(=O)N1CCCC1C(=O)Oc1ccc(Cl)c2ccccc12. The number of fused-ring (bicyclic) bond motifs is 1. The standard InChI is InChI=1S/C17H16ClNO4/c1-22-17(21)19-10-4-7-14(19)16(20)23-15-9-8-13(18)11-5-2-3-6-12(11)15/h2-3,5-6,8-9,14H,4,7,10H2,1H3. The number of rotatable bonds is 2. The van der Waals surface area contributed by atoms with Crippen LogP contribution in [0.4, 0.5) is 4.79 Å². The lowest BCUT2D eigenvalue weighted by molar-refractivity contribution is -0.138. The third-order valence-corrected chi connectivity index (χ3v) is 4.31. The molecule has 1 fully saturated rings. The van der Waals surface area contributed by atoms with E-state index in [2.05, 4.69) is 0 Å². The van der Waals surface area contributed by atoms with E-state index < -0.39 is 18.1 Å². The third kappa shape index (κ3) is 2.97. The van der Waals surface area contributed by atoms with E-state index in [-0.39, 0.29) is 0 Å². The lowest BCUT2D eigenvalue weighted by atomic mass is 10.1. The van der Waals surface area contributed by atoms with Gasteiger partial charge < -0.3 is 9.47 Å². The zero-order valence-corrected chi connectivity index (χ0v) is 13.4. The minimum atomic E-state index is -0.614. The van der Waals surface area contributed by atoms with Gasteiger partial charge in [0.25, 0.3) is 0 Å². The van der Waals surface area contributed by atoms with Gasteiger partial charge in [0.2, 0.25) is 0 Å². The van der Waals surface area contributed by atoms with Crippen LogP contribution in [0.2, 0.25) is 5.02 Å². The zero-order chi connectivity index (χ0) is 16.4. The van der Waals surface area contributed by atoms with Crippen LogP contribution in [0.25, 0.3) is 10.8 Å². The smallest absolute Gasteiger partial charge is 0.410 e. The van der Waals surface area contributed by atoms with Crippen LogP contribution in [0.1, 0.15) is 12.8 Å². The zero-order valence-electron chi connectivity index (χ0n) is 12.6. The van der Waals surface area contributed by atoms with Crippen molar-refractivity contribution in [3.05, 3.63) is 41.4 Å². The molecule has 2 aromatic rings. The molecule has 1 amide bonds. The van der Waals surface area contributed by atoms with Crippen molar-refractivity contribution < 1.29 is 19.1 Å². The van der Waals surface area contributed by atoms with Gasteiger partial charge >= 0.3 is 12.1 Å². The number of benzene rings is 2. The summed E-state index contributed by atoms with van der Waals surface area (Å²) in [5, 5.41) is 2.17. The monoisotopic (exact) mass is 333 g/mol. The first kappa shape index (κ1) is 15.6. The van der Waals surface area contributed by atoms with Crippen molar-refractivity contribution in [2.45, 2.75) is 18.9 Å². The van der Waals surface area contributed by atoms with Crippen molar-refractivity contribution in [3.8, 4) is 5.75 Å². The topological polar surface area (TPSA) is 55.8 Å². The van der Waals surface area contributed by atoms with E-state index in [4.69, 9.17) is 21.1 Å². The number of ether oxygens (including phenoxy) is 2. The number of amides is 1. The molecule has 120 valence electrons. The summed E-state index contributed by atoms with van der Waals surface area (Å²) in [5.74, 6) is -0.0212. The molecule has 1 heterocycles. The van der Waals surface area contributed by atoms with Crippen molar-refractivity contribution in [2.24, 2.45) is 0 Å². The van der Waals surface area contributed by atoms with E-state index in [1.54, 1.807) is 12.1 Å². The number of esters is 1. The molecular weight excluding hydrogens is 318 g/mol. The van der Waals surface area contributed by atoms with Gasteiger partial charge in [0.15, 0.2) is 0 Å². The maximum atomic E-state index is 12.5. The van der Waals surface area contributed by atoms with Gasteiger partial charge in [-0.25, -0.2) is 9.59 Å². The largest absolute Gasteiger partial charge is 0.453 e. The molecule has 0 aromatic heterocycles. The van der Waals surface area contributed by atoms with Crippen LogP contribution in [0, 0.1) is 0 Å². The molecule has 1 aliphatic heterocycles. The lowest BCUT2D eigenvalue weighted by Gasteiger charge is -2.21. The van der Waals surface area contributed by atoms with Crippen LogP contribution in [0.3, 0.4) is 0 Å². The van der Waals surface area contributed by atoms with Gasteiger partial charge in [-0.15, -0.1) is 0 Å². The van der Waals surface area contributed by atoms with Crippen molar-refractivity contribution >= 4 is 34.4 Å². The molecule has 6 heteroatoms. The van der Waals surface area contributed by atoms with Crippen LogP contribution in [-0.4, -0.2) is 36.7 Å². The number of hydrogen-bond donors (Lipinski definition) is 0. The lowest BCUT2D eigenvalue weighted by Crippen LogP contribution is -2.42. The summed E-state index contributed by atoms with van der Waals surface area (Å²) in [6.07, 6.45) is 0.806. The van der Waals surface area contributed by atoms with Crippen molar-refractivity contribution in [2.75, 3.05) is 13.7 Å². The molecule has 1 saturated heterocycles. The molecular formula is C17H16ClNO4. The number of methoxy groups -OCH3 is 1. The van der Waals surface area contributed by atoms with Crippen LogP contribution in [0.15, 0.2) is 36.4 Å². The Morgan fingerprint density at radius 1 is 1.17 bits per heavy atom. The first-order valence-electron chi connectivity index (χ1n) is 7.35. The summed E-state index contributed by atoms with van der Waals surface area (Å²) in [7, 11) is 1.30. The first-order chi connectivity index (χ1) is 11.1. The second-order valence-corrected chi connectivity index (χ2v) is 5.74. The summed E-state index contributed by atoms with van der Waals surface area (Å²) in [5.41, 5.74) is 0. The summed E-state index contributed by atoms with van der Waals surface area (Å²) in [4.78, 5) is 25.6. The highest BCUT2D eigenvalue weighted by Crippen LogP contribution is 2.32. The Morgan fingerprint density at radius 3 is 2.65 bits per heavy atom. The predicted molar refractivity (Wildman–Crippen MR) is 86.7 cm³/mol. The molecule has 23 heavy (non-hydrogen) atoms. The third-order valence-electron chi connectivity index (χ3n) is 3.98. The summed E-state index contributed by atoms with van der Waals surface area (Å²) in [6, 6.07) is 10.2.